The van der Waals surface area contributed by atoms with E-state index in [1.54, 1.807) is 34.9 Å². The van der Waals surface area contributed by atoms with Crippen molar-refractivity contribution in [3.05, 3.63) is 46.7 Å². The second-order valence-corrected chi connectivity index (χ2v) is 6.72. The maximum atomic E-state index is 12.3. The molecular formula is C16H20BrN7O. The molecule has 1 N–H and O–H groups in total. The van der Waals surface area contributed by atoms with Crippen molar-refractivity contribution >= 4 is 27.5 Å². The van der Waals surface area contributed by atoms with Crippen molar-refractivity contribution < 1.29 is 4.79 Å². The highest BCUT2D eigenvalue weighted by molar-refractivity contribution is 9.10. The van der Waals surface area contributed by atoms with Crippen LogP contribution in [0, 0.1) is 6.92 Å². The van der Waals surface area contributed by atoms with E-state index in [9.17, 15) is 4.79 Å². The van der Waals surface area contributed by atoms with Crippen LogP contribution in [0.4, 0.5) is 5.69 Å². The molecule has 0 fully saturated rings. The van der Waals surface area contributed by atoms with E-state index in [0.717, 1.165) is 22.3 Å². The predicted octanol–water partition coefficient (Wildman–Crippen LogP) is 2.61. The molecule has 0 aromatic carbocycles. The number of rotatable bonds is 6. The van der Waals surface area contributed by atoms with Crippen molar-refractivity contribution in [1.29, 1.82) is 0 Å². The van der Waals surface area contributed by atoms with Gasteiger partial charge in [0, 0.05) is 30.2 Å². The predicted molar refractivity (Wildman–Crippen MR) is 97.2 cm³/mol. The van der Waals surface area contributed by atoms with Crippen molar-refractivity contribution in [1.82, 2.24) is 29.3 Å². The van der Waals surface area contributed by atoms with Crippen molar-refractivity contribution in [2.75, 3.05) is 5.32 Å². The summed E-state index contributed by atoms with van der Waals surface area (Å²) in [5.41, 5.74) is 2.89. The minimum atomic E-state index is -0.417. The van der Waals surface area contributed by atoms with Gasteiger partial charge in [0.25, 0.3) is 0 Å². The first-order valence-electron chi connectivity index (χ1n) is 8.02. The summed E-state index contributed by atoms with van der Waals surface area (Å²) < 4.78 is 6.18. The second-order valence-electron chi connectivity index (χ2n) is 5.80. The minimum absolute atomic E-state index is 0.148. The van der Waals surface area contributed by atoms with Gasteiger partial charge in [0.15, 0.2) is 0 Å². The van der Waals surface area contributed by atoms with Crippen LogP contribution >= 0.6 is 15.9 Å². The van der Waals surface area contributed by atoms with Gasteiger partial charge in [-0.2, -0.15) is 15.3 Å². The SMILES string of the molecule is CCn1ncc(Cn2cc(NC(=O)C(C)n3cc(Br)cn3)cn2)c1C. The van der Waals surface area contributed by atoms with Crippen LogP contribution in [0.15, 0.2) is 35.5 Å². The van der Waals surface area contributed by atoms with E-state index < -0.39 is 6.04 Å². The summed E-state index contributed by atoms with van der Waals surface area (Å²) in [7, 11) is 0. The van der Waals surface area contributed by atoms with Crippen molar-refractivity contribution in [3.8, 4) is 0 Å². The smallest absolute Gasteiger partial charge is 0.249 e. The first kappa shape index (κ1) is 17.4. The summed E-state index contributed by atoms with van der Waals surface area (Å²) in [6, 6.07) is -0.417. The number of anilines is 1. The van der Waals surface area contributed by atoms with Crippen molar-refractivity contribution in [3.63, 3.8) is 0 Å². The van der Waals surface area contributed by atoms with Crippen molar-refractivity contribution in [2.24, 2.45) is 0 Å². The summed E-state index contributed by atoms with van der Waals surface area (Å²) >= 11 is 3.33. The fraction of sp³-hybridized carbons (Fsp3) is 0.375. The van der Waals surface area contributed by atoms with Crippen LogP contribution in [0.3, 0.4) is 0 Å². The third-order valence-corrected chi connectivity index (χ3v) is 4.49. The molecule has 0 aliphatic rings. The van der Waals surface area contributed by atoms with Crippen LogP contribution in [-0.4, -0.2) is 35.2 Å². The molecule has 0 aliphatic heterocycles. The Morgan fingerprint density at radius 3 is 2.68 bits per heavy atom. The van der Waals surface area contributed by atoms with Gasteiger partial charge in [0.2, 0.25) is 5.91 Å². The van der Waals surface area contributed by atoms with Gasteiger partial charge in [0.1, 0.15) is 6.04 Å². The summed E-state index contributed by atoms with van der Waals surface area (Å²) in [6.45, 7) is 7.35. The lowest BCUT2D eigenvalue weighted by Gasteiger charge is -2.11. The maximum absolute atomic E-state index is 12.3. The Bertz CT molecular complexity index is 879. The molecule has 8 nitrogen and oxygen atoms in total. The fourth-order valence-corrected chi connectivity index (χ4v) is 2.84. The van der Waals surface area contributed by atoms with Crippen LogP contribution in [0.1, 0.15) is 31.1 Å². The van der Waals surface area contributed by atoms with E-state index in [2.05, 4.69) is 43.5 Å². The van der Waals surface area contributed by atoms with E-state index in [0.29, 0.717) is 12.2 Å². The van der Waals surface area contributed by atoms with Crippen LogP contribution in [0.2, 0.25) is 0 Å². The Labute approximate surface area is 154 Å². The van der Waals surface area contributed by atoms with Gasteiger partial charge in [-0.1, -0.05) is 0 Å². The van der Waals surface area contributed by atoms with Gasteiger partial charge in [0.05, 0.1) is 35.3 Å². The van der Waals surface area contributed by atoms with Crippen LogP contribution in [-0.2, 0) is 17.9 Å². The number of aromatic nitrogens is 6. The lowest BCUT2D eigenvalue weighted by molar-refractivity contribution is -0.119. The zero-order valence-electron chi connectivity index (χ0n) is 14.3. The highest BCUT2D eigenvalue weighted by atomic mass is 79.9. The highest BCUT2D eigenvalue weighted by Gasteiger charge is 2.16. The van der Waals surface area contributed by atoms with Gasteiger partial charge < -0.3 is 5.32 Å². The summed E-state index contributed by atoms with van der Waals surface area (Å²) in [6.07, 6.45) is 8.73. The molecule has 1 unspecified atom stereocenters. The number of carbonyl (C=O) groups excluding carboxylic acids is 1. The number of nitrogens with zero attached hydrogens (tertiary/aromatic N) is 6. The number of carbonyl (C=O) groups is 1. The monoisotopic (exact) mass is 405 g/mol. The molecule has 1 amide bonds. The maximum Gasteiger partial charge on any atom is 0.249 e. The normalized spacial score (nSPS) is 12.3. The second kappa shape index (κ2) is 7.22. The lowest BCUT2D eigenvalue weighted by atomic mass is 10.2. The number of nitrogens with one attached hydrogen (secondary N) is 1. The zero-order chi connectivity index (χ0) is 18.0. The fourth-order valence-electron chi connectivity index (χ4n) is 2.54. The molecule has 1 atom stereocenters. The quantitative estimate of drug-likeness (QED) is 0.682. The molecular weight excluding hydrogens is 386 g/mol. The van der Waals surface area contributed by atoms with E-state index in [1.807, 2.05) is 24.0 Å². The third-order valence-electron chi connectivity index (χ3n) is 4.08. The van der Waals surface area contributed by atoms with Crippen LogP contribution in [0.5, 0.6) is 0 Å². The highest BCUT2D eigenvalue weighted by Crippen LogP contribution is 2.15. The average molecular weight is 406 g/mol. The third kappa shape index (κ3) is 3.81. The number of amides is 1. The number of halogens is 1. The Balaban J connectivity index is 1.65. The van der Waals surface area contributed by atoms with E-state index in [4.69, 9.17) is 0 Å². The molecule has 0 radical (unpaired) electrons. The van der Waals surface area contributed by atoms with Gasteiger partial charge >= 0.3 is 0 Å². The molecule has 0 aliphatic carbocycles. The topological polar surface area (TPSA) is 82.6 Å². The molecule has 3 aromatic heterocycles. The van der Waals surface area contributed by atoms with Gasteiger partial charge in [-0.3, -0.25) is 18.8 Å². The van der Waals surface area contributed by atoms with E-state index in [1.165, 1.54) is 0 Å². The molecule has 3 aromatic rings. The Hall–Kier alpha value is -2.42. The molecule has 25 heavy (non-hydrogen) atoms. The Morgan fingerprint density at radius 1 is 1.24 bits per heavy atom. The number of hydrogen-bond acceptors (Lipinski definition) is 4. The summed E-state index contributed by atoms with van der Waals surface area (Å²) in [5, 5.41) is 15.7. The molecule has 9 heteroatoms. The molecule has 3 rings (SSSR count). The van der Waals surface area contributed by atoms with Crippen molar-refractivity contribution in [2.45, 2.75) is 39.9 Å². The van der Waals surface area contributed by atoms with E-state index >= 15 is 0 Å². The molecule has 3 heterocycles. The largest absolute Gasteiger partial charge is 0.322 e. The first-order valence-corrected chi connectivity index (χ1v) is 8.81. The van der Waals surface area contributed by atoms with Gasteiger partial charge in [-0.25, -0.2) is 0 Å². The van der Waals surface area contributed by atoms with Gasteiger partial charge in [-0.05, 0) is 36.7 Å². The number of aryl methyl sites for hydroxylation is 1. The molecule has 0 spiro atoms. The molecule has 0 saturated heterocycles. The van der Waals surface area contributed by atoms with Crippen LogP contribution < -0.4 is 5.32 Å². The van der Waals surface area contributed by atoms with Gasteiger partial charge in [-0.15, -0.1) is 0 Å². The zero-order valence-corrected chi connectivity index (χ0v) is 15.9. The van der Waals surface area contributed by atoms with E-state index in [-0.39, 0.29) is 5.91 Å². The Morgan fingerprint density at radius 2 is 2.04 bits per heavy atom. The number of hydrogen-bond donors (Lipinski definition) is 1. The summed E-state index contributed by atoms with van der Waals surface area (Å²) in [4.78, 5) is 12.3. The summed E-state index contributed by atoms with van der Waals surface area (Å²) in [5.74, 6) is -0.148. The molecule has 0 saturated carbocycles. The van der Waals surface area contributed by atoms with Crippen LogP contribution in [0.25, 0.3) is 0 Å². The Kier molecular flexibility index (Phi) is 5.03. The average Bonchev–Trinajstić information content (AvgIpc) is 3.29. The first-order chi connectivity index (χ1) is 12.0. The lowest BCUT2D eigenvalue weighted by Crippen LogP contribution is -2.23. The minimum Gasteiger partial charge on any atom is -0.322 e. The standard InChI is InChI=1S/C16H20BrN7O/c1-4-23-11(2)13(5-19-23)8-22-10-15(7-18-22)21-16(25)12(3)24-9-14(17)6-20-24/h5-7,9-10,12H,4,8H2,1-3H3,(H,21,25). The molecule has 132 valence electrons. The molecule has 0 bridgehead atoms.